The van der Waals surface area contributed by atoms with E-state index in [0.29, 0.717) is 22.2 Å². The van der Waals surface area contributed by atoms with Gasteiger partial charge >= 0.3 is 11.7 Å². The highest BCUT2D eigenvalue weighted by Crippen LogP contribution is 2.22. The Labute approximate surface area is 227 Å². The molecule has 202 valence electrons. The van der Waals surface area contributed by atoms with Crippen molar-refractivity contribution in [2.45, 2.75) is 19.4 Å². The number of aryl methyl sites for hydroxylation is 2. The van der Waals surface area contributed by atoms with Crippen LogP contribution in [0.3, 0.4) is 0 Å². The highest BCUT2D eigenvalue weighted by atomic mass is 35.5. The zero-order chi connectivity index (χ0) is 28.6. The van der Waals surface area contributed by atoms with Crippen molar-refractivity contribution in [3.05, 3.63) is 103 Å². The van der Waals surface area contributed by atoms with Crippen molar-refractivity contribution >= 4 is 40.1 Å². The predicted molar refractivity (Wildman–Crippen MR) is 148 cm³/mol. The molecule has 0 saturated carbocycles. The molecule has 1 atom stereocenters. The Bertz CT molecular complexity index is 1730. The van der Waals surface area contributed by atoms with Gasteiger partial charge < -0.3 is 15.3 Å². The van der Waals surface area contributed by atoms with Crippen LogP contribution in [0.25, 0.3) is 16.6 Å². The molecule has 11 heteroatoms. The lowest BCUT2D eigenvalue weighted by Gasteiger charge is -2.17. The van der Waals surface area contributed by atoms with E-state index in [0.717, 1.165) is 10.3 Å². The second-order valence-electron chi connectivity index (χ2n) is 9.37. The Morgan fingerprint density at radius 1 is 1.08 bits per heavy atom. The van der Waals surface area contributed by atoms with Crippen LogP contribution in [-0.2, 0) is 18.3 Å². The molecule has 0 bridgehead atoms. The standard InChI is InChI=1S/C28H26ClFN4O5/c1-15-5-11-20(29)23(24(15)30)25(35)31-21(27(37)38)13-16-6-8-17(9-7-16)34-26(36)19-14-18(32(2)3)10-12-22(19)33(4)28(34)39/h5-12,14,21H,13H2,1-4H3,(H,31,35)(H,37,38)/t21-/m0/s1. The summed E-state index contributed by atoms with van der Waals surface area (Å²) in [6.07, 6.45) is -0.136. The maximum atomic E-state index is 14.5. The Balaban J connectivity index is 1.64. The molecule has 1 amide bonds. The molecule has 2 N–H and O–H groups in total. The summed E-state index contributed by atoms with van der Waals surface area (Å²) in [7, 11) is 5.27. The minimum absolute atomic E-state index is 0.135. The first kappa shape index (κ1) is 27.6. The molecule has 3 aromatic carbocycles. The van der Waals surface area contributed by atoms with E-state index in [2.05, 4.69) is 5.32 Å². The lowest BCUT2D eigenvalue weighted by atomic mass is 10.0. The lowest BCUT2D eigenvalue weighted by molar-refractivity contribution is -0.139. The van der Waals surface area contributed by atoms with E-state index < -0.39 is 40.5 Å². The lowest BCUT2D eigenvalue weighted by Crippen LogP contribution is -2.42. The molecule has 1 aromatic heterocycles. The van der Waals surface area contributed by atoms with Gasteiger partial charge in [0.2, 0.25) is 0 Å². The third-order valence-corrected chi connectivity index (χ3v) is 6.83. The van der Waals surface area contributed by atoms with Crippen LogP contribution in [-0.4, -0.2) is 46.3 Å². The number of fused-ring (bicyclic) bond motifs is 1. The van der Waals surface area contributed by atoms with Crippen molar-refractivity contribution in [3.8, 4) is 5.69 Å². The van der Waals surface area contributed by atoms with Crippen LogP contribution in [0.5, 0.6) is 0 Å². The second-order valence-corrected chi connectivity index (χ2v) is 9.77. The maximum absolute atomic E-state index is 14.5. The highest BCUT2D eigenvalue weighted by Gasteiger charge is 2.25. The summed E-state index contributed by atoms with van der Waals surface area (Å²) in [5, 5.41) is 12.2. The zero-order valence-corrected chi connectivity index (χ0v) is 22.4. The molecule has 4 rings (SSSR count). The van der Waals surface area contributed by atoms with Crippen molar-refractivity contribution < 1.29 is 19.1 Å². The average molecular weight is 553 g/mol. The van der Waals surface area contributed by atoms with E-state index >= 15 is 0 Å². The largest absolute Gasteiger partial charge is 0.480 e. The number of aromatic nitrogens is 2. The van der Waals surface area contributed by atoms with Gasteiger partial charge in [0.05, 0.1) is 27.2 Å². The zero-order valence-electron chi connectivity index (χ0n) is 21.7. The van der Waals surface area contributed by atoms with Gasteiger partial charge in [-0.05, 0) is 54.4 Å². The average Bonchev–Trinajstić information content (AvgIpc) is 2.90. The van der Waals surface area contributed by atoms with Crippen LogP contribution < -0.4 is 21.5 Å². The quantitative estimate of drug-likeness (QED) is 0.364. The number of halogens is 2. The molecule has 9 nitrogen and oxygen atoms in total. The first-order chi connectivity index (χ1) is 18.4. The third kappa shape index (κ3) is 5.28. The molecule has 4 aromatic rings. The SMILES string of the molecule is Cc1ccc(Cl)c(C(=O)N[C@@H](Cc2ccc(-n3c(=O)c4cc(N(C)C)ccc4n(C)c3=O)cc2)C(=O)O)c1F. The van der Waals surface area contributed by atoms with Crippen molar-refractivity contribution in [2.24, 2.45) is 7.05 Å². The fourth-order valence-electron chi connectivity index (χ4n) is 4.27. The van der Waals surface area contributed by atoms with Crippen LogP contribution in [0.2, 0.25) is 5.02 Å². The van der Waals surface area contributed by atoms with Gasteiger partial charge in [0.1, 0.15) is 11.9 Å². The van der Waals surface area contributed by atoms with Crippen molar-refractivity contribution in [2.75, 3.05) is 19.0 Å². The molecule has 0 radical (unpaired) electrons. The van der Waals surface area contributed by atoms with Crippen LogP contribution in [0, 0.1) is 12.7 Å². The minimum atomic E-state index is -1.39. The third-order valence-electron chi connectivity index (χ3n) is 6.52. The number of carbonyl (C=O) groups excluding carboxylic acids is 1. The van der Waals surface area contributed by atoms with Gasteiger partial charge in [-0.15, -0.1) is 0 Å². The molecule has 0 unspecified atom stereocenters. The van der Waals surface area contributed by atoms with Crippen LogP contribution >= 0.6 is 11.6 Å². The fourth-order valence-corrected chi connectivity index (χ4v) is 4.50. The Morgan fingerprint density at radius 3 is 2.36 bits per heavy atom. The molecule has 39 heavy (non-hydrogen) atoms. The molecular weight excluding hydrogens is 527 g/mol. The number of rotatable bonds is 7. The second kappa shape index (κ2) is 10.7. The number of carbonyl (C=O) groups is 2. The summed E-state index contributed by atoms with van der Waals surface area (Å²) in [5.74, 6) is -3.10. The van der Waals surface area contributed by atoms with Gasteiger partial charge in [0.15, 0.2) is 0 Å². The normalized spacial score (nSPS) is 11.8. The molecule has 0 spiro atoms. The number of nitrogens with one attached hydrogen (secondary N) is 1. The highest BCUT2D eigenvalue weighted by molar-refractivity contribution is 6.34. The number of carboxylic acids is 1. The Kier molecular flexibility index (Phi) is 7.60. The number of amides is 1. The van der Waals surface area contributed by atoms with Crippen LogP contribution in [0.1, 0.15) is 21.5 Å². The van der Waals surface area contributed by atoms with E-state index in [1.54, 1.807) is 31.3 Å². The molecule has 0 aliphatic heterocycles. The summed E-state index contributed by atoms with van der Waals surface area (Å²) >= 11 is 5.99. The minimum Gasteiger partial charge on any atom is -0.480 e. The predicted octanol–water partition coefficient (Wildman–Crippen LogP) is 3.28. The fraction of sp³-hybridized carbons (Fsp3) is 0.214. The number of hydrogen-bond acceptors (Lipinski definition) is 5. The number of aliphatic carboxylic acids is 1. The summed E-state index contributed by atoms with van der Waals surface area (Å²) in [4.78, 5) is 52.8. The molecule has 0 fully saturated rings. The molecule has 0 aliphatic rings. The van der Waals surface area contributed by atoms with Gasteiger partial charge in [-0.2, -0.15) is 0 Å². The van der Waals surface area contributed by atoms with Crippen molar-refractivity contribution in [1.82, 2.24) is 14.5 Å². The maximum Gasteiger partial charge on any atom is 0.335 e. The monoisotopic (exact) mass is 552 g/mol. The number of nitrogens with zero attached hydrogens (tertiary/aromatic N) is 3. The summed E-state index contributed by atoms with van der Waals surface area (Å²) in [6.45, 7) is 1.47. The van der Waals surface area contributed by atoms with E-state index in [4.69, 9.17) is 11.6 Å². The first-order valence-electron chi connectivity index (χ1n) is 11.9. The topological polar surface area (TPSA) is 114 Å². The van der Waals surface area contributed by atoms with Gasteiger partial charge in [-0.3, -0.25) is 14.2 Å². The Hall–Kier alpha value is -4.44. The van der Waals surface area contributed by atoms with E-state index in [1.165, 1.54) is 35.8 Å². The van der Waals surface area contributed by atoms with Crippen LogP contribution in [0.4, 0.5) is 10.1 Å². The first-order valence-corrected chi connectivity index (χ1v) is 12.3. The van der Waals surface area contributed by atoms with Gasteiger partial charge in [-0.25, -0.2) is 18.5 Å². The van der Waals surface area contributed by atoms with Gasteiger partial charge in [0, 0.05) is 33.3 Å². The van der Waals surface area contributed by atoms with Gasteiger partial charge in [0.25, 0.3) is 11.5 Å². The van der Waals surface area contributed by atoms with Crippen molar-refractivity contribution in [3.63, 3.8) is 0 Å². The number of hydrogen-bond donors (Lipinski definition) is 2. The Morgan fingerprint density at radius 2 is 1.74 bits per heavy atom. The number of benzene rings is 3. The van der Waals surface area contributed by atoms with Crippen LogP contribution in [0.15, 0.2) is 64.2 Å². The number of carboxylic acid groups (broad SMARTS) is 1. The molecular formula is C28H26ClFN4O5. The summed E-state index contributed by atoms with van der Waals surface area (Å²) in [6, 6.07) is 12.8. The molecule has 0 saturated heterocycles. The van der Waals surface area contributed by atoms with E-state index in [-0.39, 0.29) is 17.0 Å². The summed E-state index contributed by atoms with van der Waals surface area (Å²) < 4.78 is 16.9. The van der Waals surface area contributed by atoms with Gasteiger partial charge in [-0.1, -0.05) is 29.8 Å². The molecule has 0 aliphatic carbocycles. The summed E-state index contributed by atoms with van der Waals surface area (Å²) in [5.41, 5.74) is 0.835. The van der Waals surface area contributed by atoms with Crippen molar-refractivity contribution in [1.29, 1.82) is 0 Å². The molecule has 1 heterocycles. The van der Waals surface area contributed by atoms with E-state index in [1.807, 2.05) is 25.1 Å². The smallest absolute Gasteiger partial charge is 0.335 e. The van der Waals surface area contributed by atoms with E-state index in [9.17, 15) is 28.7 Å². The number of anilines is 1.